The van der Waals surface area contributed by atoms with E-state index >= 15 is 0 Å². The number of ether oxygens (including phenoxy) is 1. The van der Waals surface area contributed by atoms with E-state index in [1.807, 2.05) is 0 Å². The van der Waals surface area contributed by atoms with Gasteiger partial charge in [-0.15, -0.1) is 0 Å². The van der Waals surface area contributed by atoms with Gasteiger partial charge in [-0.2, -0.15) is 0 Å². The summed E-state index contributed by atoms with van der Waals surface area (Å²) in [5, 5.41) is 0. The van der Waals surface area contributed by atoms with Crippen LogP contribution in [0.1, 0.15) is 26.2 Å². The molecule has 2 nitrogen and oxygen atoms in total. The maximum atomic E-state index is 5.31. The zero-order valence-corrected chi connectivity index (χ0v) is 9.56. The van der Waals surface area contributed by atoms with Crippen molar-refractivity contribution in [1.29, 1.82) is 0 Å². The minimum atomic E-state index is 0.414. The minimum Gasteiger partial charge on any atom is -0.427 e. The molecule has 0 saturated carbocycles. The van der Waals surface area contributed by atoms with Crippen molar-refractivity contribution in [2.45, 2.75) is 26.2 Å². The summed E-state index contributed by atoms with van der Waals surface area (Å²) in [7, 11) is 0.861. The van der Waals surface area contributed by atoms with Gasteiger partial charge in [0.2, 0.25) is 0 Å². The number of hydrogen-bond acceptors (Lipinski definition) is 2. The molecule has 1 aliphatic rings. The molecule has 3 heteroatoms. The molecule has 0 amide bonds. The van der Waals surface area contributed by atoms with Gasteiger partial charge in [0.25, 0.3) is 0 Å². The van der Waals surface area contributed by atoms with Crippen LogP contribution in [0.15, 0.2) is 0 Å². The molecule has 0 spiro atoms. The zero-order chi connectivity index (χ0) is 8.16. The number of hydrogen-bond donors (Lipinski definition) is 0. The second-order valence-electron chi connectivity index (χ2n) is 3.53. The third-order valence-corrected chi connectivity index (χ3v) is 2.62. The second-order valence-corrected chi connectivity index (χ2v) is 4.11. The van der Waals surface area contributed by atoms with Crippen molar-refractivity contribution in [3.63, 3.8) is 0 Å². The Morgan fingerprint density at radius 2 is 2.27 bits per heavy atom. The van der Waals surface area contributed by atoms with Crippen molar-refractivity contribution in [2.75, 3.05) is 19.8 Å². The van der Waals surface area contributed by atoms with Crippen LogP contribution in [0.5, 0.6) is 0 Å². The smallest absolute Gasteiger partial charge is 0.145 e. The molecule has 0 bridgehead atoms. The van der Waals surface area contributed by atoms with E-state index in [-0.39, 0.29) is 0 Å². The molecule has 1 heterocycles. The molecule has 11 heavy (non-hydrogen) atoms. The highest BCUT2D eigenvalue weighted by Gasteiger charge is 2.37. The summed E-state index contributed by atoms with van der Waals surface area (Å²) in [5.41, 5.74) is 0.414. The van der Waals surface area contributed by atoms with E-state index in [2.05, 4.69) is 6.92 Å². The Morgan fingerprint density at radius 3 is 2.64 bits per heavy atom. The highest BCUT2D eigenvalue weighted by Crippen LogP contribution is 2.33. The first-order chi connectivity index (χ1) is 5.33. The lowest BCUT2D eigenvalue weighted by Crippen LogP contribution is -2.46. The molecular weight excluding hydrogens is 156 g/mol. The van der Waals surface area contributed by atoms with Gasteiger partial charge in [0.05, 0.1) is 13.2 Å². The van der Waals surface area contributed by atoms with Gasteiger partial charge in [-0.05, 0) is 6.42 Å². The quantitative estimate of drug-likeness (QED) is 0.565. The molecule has 0 aromatic carbocycles. The van der Waals surface area contributed by atoms with Gasteiger partial charge in [-0.1, -0.05) is 19.8 Å². The van der Waals surface area contributed by atoms with Crippen molar-refractivity contribution < 1.29 is 9.16 Å². The van der Waals surface area contributed by atoms with E-state index in [0.717, 1.165) is 30.3 Å². The zero-order valence-electron chi connectivity index (χ0n) is 7.56. The summed E-state index contributed by atoms with van der Waals surface area (Å²) < 4.78 is 10.5. The van der Waals surface area contributed by atoms with Crippen LogP contribution >= 0.6 is 0 Å². The molecule has 0 unspecified atom stereocenters. The molecule has 1 aliphatic heterocycles. The monoisotopic (exact) mass is 174 g/mol. The highest BCUT2D eigenvalue weighted by molar-refractivity contribution is 5.97. The van der Waals surface area contributed by atoms with E-state index in [1.54, 1.807) is 0 Å². The lowest BCUT2D eigenvalue weighted by Gasteiger charge is -2.41. The summed E-state index contributed by atoms with van der Waals surface area (Å²) in [4.78, 5) is 0. The van der Waals surface area contributed by atoms with Crippen LogP contribution in [0.3, 0.4) is 0 Å². The van der Waals surface area contributed by atoms with E-state index in [1.165, 1.54) is 19.3 Å². The van der Waals surface area contributed by atoms with Crippen LogP contribution in [-0.4, -0.2) is 30.3 Å². The molecule has 1 fully saturated rings. The Morgan fingerprint density at radius 1 is 1.55 bits per heavy atom. The van der Waals surface area contributed by atoms with Crippen molar-refractivity contribution in [3.8, 4) is 0 Å². The van der Waals surface area contributed by atoms with Crippen LogP contribution in [0.4, 0.5) is 0 Å². The Hall–Kier alpha value is 0.137. The maximum absolute atomic E-state index is 5.31. The topological polar surface area (TPSA) is 18.5 Å². The third-order valence-electron chi connectivity index (χ3n) is 2.33. The third kappa shape index (κ3) is 2.29. The number of unbranched alkanes of at least 4 members (excludes halogenated alkanes) is 1. The largest absolute Gasteiger partial charge is 0.427 e. The van der Waals surface area contributed by atoms with Gasteiger partial charge < -0.3 is 9.16 Å². The van der Waals surface area contributed by atoms with E-state index in [4.69, 9.17) is 9.16 Å². The van der Waals surface area contributed by atoms with Crippen LogP contribution < -0.4 is 0 Å². The summed E-state index contributed by atoms with van der Waals surface area (Å²) >= 11 is 0. The summed E-state index contributed by atoms with van der Waals surface area (Å²) in [6.45, 7) is 5.01. The summed E-state index contributed by atoms with van der Waals surface area (Å²) in [6.07, 6.45) is 3.88. The maximum Gasteiger partial charge on any atom is 0.145 e. The fourth-order valence-electron chi connectivity index (χ4n) is 1.55. The first-order valence-corrected chi connectivity index (χ1v) is 5.21. The molecule has 0 radical (unpaired) electrons. The fraction of sp³-hybridized carbons (Fsp3) is 1.00. The molecule has 0 N–H and O–H groups in total. The van der Waals surface area contributed by atoms with Crippen LogP contribution in [0.2, 0.25) is 0 Å². The fourth-order valence-corrected chi connectivity index (χ4v) is 2.16. The molecule has 0 aromatic rings. The predicted octanol–water partition coefficient (Wildman–Crippen LogP) is 0.490. The van der Waals surface area contributed by atoms with E-state index < -0.39 is 0 Å². The first-order valence-electron chi connectivity index (χ1n) is 4.40. The number of rotatable bonds is 5. The molecular formula is C8H18O2Si. The van der Waals surface area contributed by atoms with Gasteiger partial charge >= 0.3 is 0 Å². The van der Waals surface area contributed by atoms with Crippen LogP contribution in [0.25, 0.3) is 0 Å². The Bertz CT molecular complexity index is 113. The average Bonchev–Trinajstić information content (AvgIpc) is 1.95. The average molecular weight is 174 g/mol. The summed E-state index contributed by atoms with van der Waals surface area (Å²) in [5.74, 6) is 0. The van der Waals surface area contributed by atoms with Crippen LogP contribution in [-0.2, 0) is 9.16 Å². The lowest BCUT2D eigenvalue weighted by molar-refractivity contribution is -0.136. The van der Waals surface area contributed by atoms with Crippen molar-refractivity contribution in [1.82, 2.24) is 0 Å². The normalized spacial score (nSPS) is 21.5. The lowest BCUT2D eigenvalue weighted by atomic mass is 9.82. The van der Waals surface area contributed by atoms with Crippen molar-refractivity contribution in [2.24, 2.45) is 5.41 Å². The van der Waals surface area contributed by atoms with Gasteiger partial charge in [-0.25, -0.2) is 0 Å². The SMILES string of the molecule is CCCCC1(CO[SiH3])COC1. The molecule has 66 valence electrons. The van der Waals surface area contributed by atoms with Gasteiger partial charge in [-0.3, -0.25) is 0 Å². The Balaban J connectivity index is 2.22. The summed E-state index contributed by atoms with van der Waals surface area (Å²) in [6, 6.07) is 0. The van der Waals surface area contributed by atoms with Crippen molar-refractivity contribution >= 4 is 10.5 Å². The van der Waals surface area contributed by atoms with Gasteiger partial charge in [0, 0.05) is 12.0 Å². The van der Waals surface area contributed by atoms with Gasteiger partial charge in [0.1, 0.15) is 10.5 Å². The van der Waals surface area contributed by atoms with Crippen LogP contribution in [0, 0.1) is 5.41 Å². The molecule has 0 aliphatic carbocycles. The van der Waals surface area contributed by atoms with E-state index in [9.17, 15) is 0 Å². The molecule has 1 rings (SSSR count). The first kappa shape index (κ1) is 9.23. The second kappa shape index (κ2) is 4.23. The highest BCUT2D eigenvalue weighted by atomic mass is 28.2. The molecule has 0 aromatic heterocycles. The standard InChI is InChI=1S/C8H18O2Si/c1-2-3-4-8(7-10-11)5-9-6-8/h2-7H2,1,11H3. The van der Waals surface area contributed by atoms with Gasteiger partial charge in [0.15, 0.2) is 0 Å². The van der Waals surface area contributed by atoms with E-state index in [0.29, 0.717) is 5.41 Å². The minimum absolute atomic E-state index is 0.414. The Kier molecular flexibility index (Phi) is 3.55. The Labute approximate surface area is 71.8 Å². The predicted molar refractivity (Wildman–Crippen MR) is 48.7 cm³/mol. The molecule has 0 atom stereocenters. The molecule has 1 saturated heterocycles. The van der Waals surface area contributed by atoms with Crippen molar-refractivity contribution in [3.05, 3.63) is 0 Å².